The quantitative estimate of drug-likeness (QED) is 0.819. The topological polar surface area (TPSA) is 62.1 Å². The lowest BCUT2D eigenvalue weighted by molar-refractivity contribution is -0.121. The molecular weight excluding hydrogens is 296 g/mol. The van der Waals surface area contributed by atoms with Crippen molar-refractivity contribution >= 4 is 17.7 Å². The minimum absolute atomic E-state index is 0.0554. The molecule has 4 nitrogen and oxygen atoms in total. The van der Waals surface area contributed by atoms with E-state index in [4.69, 9.17) is 10.00 Å². The third-order valence-corrected chi connectivity index (χ3v) is 5.20. The fraction of sp³-hybridized carbons (Fsp3) is 0.529. The van der Waals surface area contributed by atoms with E-state index in [1.807, 2.05) is 26.0 Å². The van der Waals surface area contributed by atoms with E-state index in [-0.39, 0.29) is 23.2 Å². The van der Waals surface area contributed by atoms with Gasteiger partial charge < -0.3 is 10.1 Å². The minimum Gasteiger partial charge on any atom is -0.376 e. The predicted octanol–water partition coefficient (Wildman–Crippen LogP) is 2.97. The van der Waals surface area contributed by atoms with Gasteiger partial charge in [0.05, 0.1) is 23.0 Å². The van der Waals surface area contributed by atoms with Gasteiger partial charge in [0.1, 0.15) is 0 Å². The van der Waals surface area contributed by atoms with Crippen LogP contribution >= 0.6 is 11.8 Å². The number of amides is 1. The van der Waals surface area contributed by atoms with Crippen LogP contribution in [0.2, 0.25) is 0 Å². The van der Waals surface area contributed by atoms with Gasteiger partial charge in [-0.3, -0.25) is 4.79 Å². The van der Waals surface area contributed by atoms with Gasteiger partial charge in [0.2, 0.25) is 5.91 Å². The van der Waals surface area contributed by atoms with Crippen LogP contribution < -0.4 is 5.32 Å². The Labute approximate surface area is 136 Å². The van der Waals surface area contributed by atoms with Crippen molar-refractivity contribution in [3.8, 4) is 6.07 Å². The first-order valence-electron chi connectivity index (χ1n) is 7.66. The molecule has 1 amide bonds. The molecule has 0 radical (unpaired) electrons. The van der Waals surface area contributed by atoms with Crippen molar-refractivity contribution in [2.24, 2.45) is 5.92 Å². The van der Waals surface area contributed by atoms with Gasteiger partial charge >= 0.3 is 0 Å². The molecule has 1 N–H and O–H groups in total. The molecule has 1 aliphatic rings. The number of nitriles is 1. The summed E-state index contributed by atoms with van der Waals surface area (Å²) in [6, 6.07) is 9.46. The number of nitrogens with one attached hydrogen (secondary N) is 1. The second kappa shape index (κ2) is 8.21. The van der Waals surface area contributed by atoms with E-state index in [1.165, 1.54) is 0 Å². The highest BCUT2D eigenvalue weighted by Crippen LogP contribution is 2.28. The third kappa shape index (κ3) is 4.75. The fourth-order valence-electron chi connectivity index (χ4n) is 2.37. The van der Waals surface area contributed by atoms with E-state index in [1.54, 1.807) is 23.9 Å². The lowest BCUT2D eigenvalue weighted by Gasteiger charge is -2.21. The van der Waals surface area contributed by atoms with Crippen LogP contribution in [0.3, 0.4) is 0 Å². The number of carbonyl (C=O) groups excluding carboxylic acids is 1. The van der Waals surface area contributed by atoms with Crippen LogP contribution in [0.15, 0.2) is 29.2 Å². The fourth-order valence-corrected chi connectivity index (χ4v) is 3.42. The van der Waals surface area contributed by atoms with Gasteiger partial charge in [0, 0.05) is 18.0 Å². The van der Waals surface area contributed by atoms with Crippen molar-refractivity contribution in [2.45, 2.75) is 42.9 Å². The van der Waals surface area contributed by atoms with Gasteiger partial charge in [-0.15, -0.1) is 11.8 Å². The van der Waals surface area contributed by atoms with Gasteiger partial charge in [-0.25, -0.2) is 0 Å². The molecule has 1 aromatic carbocycles. The Kier molecular flexibility index (Phi) is 6.29. The smallest absolute Gasteiger partial charge is 0.233 e. The van der Waals surface area contributed by atoms with Gasteiger partial charge in [-0.2, -0.15) is 5.26 Å². The lowest BCUT2D eigenvalue weighted by atomic mass is 10.1. The number of thioether (sulfide) groups is 1. The van der Waals surface area contributed by atoms with Crippen LogP contribution in [0.5, 0.6) is 0 Å². The summed E-state index contributed by atoms with van der Waals surface area (Å²) in [5.41, 5.74) is 0.633. The second-order valence-electron chi connectivity index (χ2n) is 5.80. The maximum atomic E-state index is 12.4. The summed E-state index contributed by atoms with van der Waals surface area (Å²) in [7, 11) is 0. The van der Waals surface area contributed by atoms with Gasteiger partial charge in [0.25, 0.3) is 0 Å². The summed E-state index contributed by atoms with van der Waals surface area (Å²) >= 11 is 1.54. The first kappa shape index (κ1) is 16.9. The van der Waals surface area contributed by atoms with E-state index < -0.39 is 0 Å². The molecule has 0 unspecified atom stereocenters. The number of nitrogens with zero attached hydrogens (tertiary/aromatic N) is 1. The molecule has 22 heavy (non-hydrogen) atoms. The number of benzene rings is 1. The Morgan fingerprint density at radius 2 is 2.18 bits per heavy atom. The molecule has 118 valence electrons. The first-order chi connectivity index (χ1) is 10.6. The Balaban J connectivity index is 1.92. The Morgan fingerprint density at radius 1 is 1.45 bits per heavy atom. The number of ether oxygens (including phenoxy) is 1. The molecule has 1 aliphatic heterocycles. The molecule has 0 bridgehead atoms. The molecule has 1 saturated heterocycles. The molecule has 1 heterocycles. The Morgan fingerprint density at radius 3 is 2.73 bits per heavy atom. The summed E-state index contributed by atoms with van der Waals surface area (Å²) in [6.07, 6.45) is 2.26. The van der Waals surface area contributed by atoms with Crippen molar-refractivity contribution in [3.05, 3.63) is 29.8 Å². The average molecular weight is 318 g/mol. The molecule has 1 aromatic rings. The molecule has 2 atom stereocenters. The number of carbonyl (C=O) groups is 1. The van der Waals surface area contributed by atoms with Crippen LogP contribution in [-0.4, -0.2) is 30.4 Å². The largest absolute Gasteiger partial charge is 0.376 e. The van der Waals surface area contributed by atoms with Crippen molar-refractivity contribution in [1.29, 1.82) is 5.26 Å². The minimum atomic E-state index is -0.144. The highest BCUT2D eigenvalue weighted by atomic mass is 32.2. The lowest BCUT2D eigenvalue weighted by Crippen LogP contribution is -2.39. The molecule has 5 heteroatoms. The van der Waals surface area contributed by atoms with Gasteiger partial charge in [0.15, 0.2) is 0 Å². The summed E-state index contributed by atoms with van der Waals surface area (Å²) in [4.78, 5) is 13.4. The van der Waals surface area contributed by atoms with E-state index in [2.05, 4.69) is 11.4 Å². The summed E-state index contributed by atoms with van der Waals surface area (Å²) in [5.74, 6) is 0.282. The van der Waals surface area contributed by atoms with Crippen LogP contribution in [0.25, 0.3) is 0 Å². The standard InChI is InChI=1S/C17H22N2O2S/c1-12(2)16(17(20)19-11-14-4-3-9-21-14)22-15-7-5-13(10-18)6-8-15/h5-8,12,14,16H,3-4,9,11H2,1-2H3,(H,19,20)/t14-,16-/m1/s1. The van der Waals surface area contributed by atoms with E-state index in [0.717, 1.165) is 24.3 Å². The van der Waals surface area contributed by atoms with Gasteiger partial charge in [-0.05, 0) is 43.0 Å². The summed E-state index contributed by atoms with van der Waals surface area (Å²) in [5, 5.41) is 11.7. The Hall–Kier alpha value is -1.51. The number of hydrogen-bond acceptors (Lipinski definition) is 4. The zero-order valence-corrected chi connectivity index (χ0v) is 13.9. The molecule has 0 spiro atoms. The zero-order valence-electron chi connectivity index (χ0n) is 13.0. The SMILES string of the molecule is CC(C)[C@@H](Sc1ccc(C#N)cc1)C(=O)NC[C@H]1CCCO1. The molecule has 0 aliphatic carbocycles. The molecule has 0 aromatic heterocycles. The van der Waals surface area contributed by atoms with E-state index >= 15 is 0 Å². The van der Waals surface area contributed by atoms with Crippen LogP contribution in [0.1, 0.15) is 32.3 Å². The highest BCUT2D eigenvalue weighted by Gasteiger charge is 2.25. The van der Waals surface area contributed by atoms with Crippen molar-refractivity contribution in [3.63, 3.8) is 0 Å². The van der Waals surface area contributed by atoms with E-state index in [9.17, 15) is 4.79 Å². The summed E-state index contributed by atoms with van der Waals surface area (Å²) < 4.78 is 5.54. The predicted molar refractivity (Wildman–Crippen MR) is 87.6 cm³/mol. The normalized spacial score (nSPS) is 18.9. The third-order valence-electron chi connectivity index (χ3n) is 3.64. The first-order valence-corrected chi connectivity index (χ1v) is 8.54. The van der Waals surface area contributed by atoms with Crippen molar-refractivity contribution in [1.82, 2.24) is 5.32 Å². The molecule has 2 rings (SSSR count). The van der Waals surface area contributed by atoms with Crippen LogP contribution in [0, 0.1) is 17.2 Å². The van der Waals surface area contributed by atoms with Crippen LogP contribution in [-0.2, 0) is 9.53 Å². The van der Waals surface area contributed by atoms with Crippen molar-refractivity contribution in [2.75, 3.05) is 13.2 Å². The van der Waals surface area contributed by atoms with Crippen molar-refractivity contribution < 1.29 is 9.53 Å². The maximum absolute atomic E-state index is 12.4. The monoisotopic (exact) mass is 318 g/mol. The summed E-state index contributed by atoms with van der Waals surface area (Å²) in [6.45, 7) is 5.49. The van der Waals surface area contributed by atoms with Gasteiger partial charge in [-0.1, -0.05) is 13.8 Å². The second-order valence-corrected chi connectivity index (χ2v) is 7.01. The maximum Gasteiger partial charge on any atom is 0.233 e. The zero-order chi connectivity index (χ0) is 15.9. The Bertz CT molecular complexity index is 531. The van der Waals surface area contributed by atoms with Crippen LogP contribution in [0.4, 0.5) is 0 Å². The molecular formula is C17H22N2O2S. The number of rotatable bonds is 6. The molecule has 0 saturated carbocycles. The number of hydrogen-bond donors (Lipinski definition) is 1. The van der Waals surface area contributed by atoms with E-state index in [0.29, 0.717) is 12.1 Å². The molecule has 1 fully saturated rings. The average Bonchev–Trinajstić information content (AvgIpc) is 3.04. The highest BCUT2D eigenvalue weighted by molar-refractivity contribution is 8.00.